The third-order valence-corrected chi connectivity index (χ3v) is 7.10. The number of aliphatic hydroxyl groups is 1. The minimum absolute atomic E-state index is 0.0283. The van der Waals surface area contributed by atoms with Gasteiger partial charge in [-0.2, -0.15) is 0 Å². The van der Waals surface area contributed by atoms with Gasteiger partial charge in [0.05, 0.1) is 24.3 Å². The van der Waals surface area contributed by atoms with Gasteiger partial charge in [-0.15, -0.1) is 0 Å². The van der Waals surface area contributed by atoms with Gasteiger partial charge in [0.25, 0.3) is 0 Å². The van der Waals surface area contributed by atoms with Crippen LogP contribution in [0.5, 0.6) is 0 Å². The van der Waals surface area contributed by atoms with Crippen molar-refractivity contribution in [2.45, 2.75) is 62.2 Å². The standard InChI is InChI=1S/C22H32N2O3/c1-27-22-10-7-19(25)15-20(22)24(14-11-22)21(26)16-23-12-8-18(9-13-23)17-5-3-2-4-6-17/h2-6,18-20,25H,7-16H2,1H3/t19-,20+,22-/m1/s1. The molecule has 1 aromatic rings. The number of carbonyl (C=O) groups excluding carboxylic acids is 1. The van der Waals surface area contributed by atoms with Crippen LogP contribution in [-0.4, -0.2) is 71.8 Å². The Morgan fingerprint density at radius 3 is 2.59 bits per heavy atom. The van der Waals surface area contributed by atoms with Gasteiger partial charge in [-0.1, -0.05) is 30.3 Å². The van der Waals surface area contributed by atoms with Gasteiger partial charge in [0.1, 0.15) is 0 Å². The monoisotopic (exact) mass is 372 g/mol. The average molecular weight is 373 g/mol. The van der Waals surface area contributed by atoms with E-state index >= 15 is 0 Å². The Morgan fingerprint density at radius 1 is 1.15 bits per heavy atom. The largest absolute Gasteiger partial charge is 0.393 e. The quantitative estimate of drug-likeness (QED) is 0.882. The maximum Gasteiger partial charge on any atom is 0.237 e. The topological polar surface area (TPSA) is 53.0 Å². The predicted molar refractivity (Wildman–Crippen MR) is 105 cm³/mol. The highest BCUT2D eigenvalue weighted by molar-refractivity contribution is 5.79. The number of amides is 1. The number of likely N-dealkylation sites (tertiary alicyclic amines) is 2. The van der Waals surface area contributed by atoms with Crippen molar-refractivity contribution in [3.05, 3.63) is 35.9 Å². The zero-order valence-corrected chi connectivity index (χ0v) is 16.3. The van der Waals surface area contributed by atoms with Crippen LogP contribution in [0.1, 0.15) is 50.0 Å². The van der Waals surface area contributed by atoms with Crippen molar-refractivity contribution in [1.29, 1.82) is 0 Å². The van der Waals surface area contributed by atoms with E-state index in [1.165, 1.54) is 5.56 Å². The molecule has 1 amide bonds. The predicted octanol–water partition coefficient (Wildman–Crippen LogP) is 2.40. The van der Waals surface area contributed by atoms with Gasteiger partial charge in [-0.3, -0.25) is 9.69 Å². The Bertz CT molecular complexity index is 644. The van der Waals surface area contributed by atoms with E-state index in [2.05, 4.69) is 35.2 Å². The van der Waals surface area contributed by atoms with Gasteiger partial charge in [-0.25, -0.2) is 0 Å². The van der Waals surface area contributed by atoms with Crippen molar-refractivity contribution < 1.29 is 14.6 Å². The zero-order valence-electron chi connectivity index (χ0n) is 16.3. The number of ether oxygens (including phenoxy) is 1. The molecule has 0 spiro atoms. The molecule has 148 valence electrons. The minimum atomic E-state index is -0.312. The molecule has 3 aliphatic rings. The number of benzene rings is 1. The van der Waals surface area contributed by atoms with E-state index in [-0.39, 0.29) is 23.7 Å². The molecule has 4 rings (SSSR count). The lowest BCUT2D eigenvalue weighted by molar-refractivity contribution is -0.141. The molecule has 5 heteroatoms. The second-order valence-corrected chi connectivity index (χ2v) is 8.51. The summed E-state index contributed by atoms with van der Waals surface area (Å²) < 4.78 is 5.87. The van der Waals surface area contributed by atoms with Crippen molar-refractivity contribution in [2.24, 2.45) is 0 Å². The first-order valence-electron chi connectivity index (χ1n) is 10.4. The first kappa shape index (κ1) is 18.9. The number of aliphatic hydroxyl groups excluding tert-OH is 1. The van der Waals surface area contributed by atoms with E-state index in [0.717, 1.165) is 51.7 Å². The van der Waals surface area contributed by atoms with Crippen LogP contribution in [-0.2, 0) is 9.53 Å². The smallest absolute Gasteiger partial charge is 0.237 e. The van der Waals surface area contributed by atoms with E-state index in [4.69, 9.17) is 4.74 Å². The molecule has 0 radical (unpaired) electrons. The summed E-state index contributed by atoms with van der Waals surface area (Å²) in [5.41, 5.74) is 1.18. The lowest BCUT2D eigenvalue weighted by Gasteiger charge is -2.42. The van der Waals surface area contributed by atoms with Crippen LogP contribution in [0.25, 0.3) is 0 Å². The molecule has 2 aliphatic heterocycles. The van der Waals surface area contributed by atoms with Crippen molar-refractivity contribution in [2.75, 3.05) is 33.3 Å². The maximum absolute atomic E-state index is 13.0. The van der Waals surface area contributed by atoms with Crippen molar-refractivity contribution >= 4 is 5.91 Å². The molecule has 3 fully saturated rings. The van der Waals surface area contributed by atoms with Crippen molar-refractivity contribution in [3.63, 3.8) is 0 Å². The van der Waals surface area contributed by atoms with Crippen LogP contribution in [0.15, 0.2) is 30.3 Å². The normalized spacial score (nSPS) is 32.4. The molecular formula is C22H32N2O3. The lowest BCUT2D eigenvalue weighted by atomic mass is 9.79. The molecule has 1 aromatic carbocycles. The summed E-state index contributed by atoms with van der Waals surface area (Å²) in [7, 11) is 1.76. The number of hydrogen-bond donors (Lipinski definition) is 1. The Morgan fingerprint density at radius 2 is 1.89 bits per heavy atom. The average Bonchev–Trinajstić information content (AvgIpc) is 3.08. The summed E-state index contributed by atoms with van der Waals surface area (Å²) in [6.07, 6.45) is 5.08. The molecule has 1 N–H and O–H groups in total. The highest BCUT2D eigenvalue weighted by atomic mass is 16.5. The molecule has 0 unspecified atom stereocenters. The summed E-state index contributed by atoms with van der Waals surface area (Å²) in [5, 5.41) is 10.1. The molecule has 1 saturated carbocycles. The number of carbonyl (C=O) groups is 1. The highest BCUT2D eigenvalue weighted by Crippen LogP contribution is 2.42. The van der Waals surface area contributed by atoms with Gasteiger partial charge in [-0.05, 0) is 63.1 Å². The third-order valence-electron chi connectivity index (χ3n) is 7.10. The Balaban J connectivity index is 1.33. The van der Waals surface area contributed by atoms with Crippen molar-refractivity contribution in [3.8, 4) is 0 Å². The number of nitrogens with zero attached hydrogens (tertiary/aromatic N) is 2. The number of piperidine rings is 1. The van der Waals surface area contributed by atoms with Crippen LogP contribution < -0.4 is 0 Å². The van der Waals surface area contributed by atoms with Gasteiger partial charge in [0.2, 0.25) is 5.91 Å². The molecular weight excluding hydrogens is 340 g/mol. The van der Waals surface area contributed by atoms with Crippen LogP contribution in [0.4, 0.5) is 0 Å². The molecule has 3 atom stereocenters. The molecule has 0 aromatic heterocycles. The van der Waals surface area contributed by atoms with Gasteiger partial charge >= 0.3 is 0 Å². The Kier molecular flexibility index (Phi) is 5.53. The van der Waals surface area contributed by atoms with E-state index in [0.29, 0.717) is 18.9 Å². The fourth-order valence-electron chi connectivity index (χ4n) is 5.41. The highest BCUT2D eigenvalue weighted by Gasteiger charge is 2.52. The van der Waals surface area contributed by atoms with Gasteiger partial charge in [0, 0.05) is 13.7 Å². The SMILES string of the molecule is CO[C@@]12CC[C@@H](O)C[C@@H]1N(C(=O)CN1CCC(c3ccccc3)CC1)CC2. The number of methoxy groups -OCH3 is 1. The van der Waals surface area contributed by atoms with E-state index in [9.17, 15) is 9.90 Å². The van der Waals surface area contributed by atoms with Crippen LogP contribution in [0.3, 0.4) is 0 Å². The van der Waals surface area contributed by atoms with E-state index in [1.807, 2.05) is 4.90 Å². The summed E-state index contributed by atoms with van der Waals surface area (Å²) in [4.78, 5) is 17.3. The molecule has 2 saturated heterocycles. The van der Waals surface area contributed by atoms with Crippen LogP contribution in [0.2, 0.25) is 0 Å². The van der Waals surface area contributed by atoms with Gasteiger partial charge < -0.3 is 14.7 Å². The Hall–Kier alpha value is -1.43. The van der Waals surface area contributed by atoms with Crippen LogP contribution >= 0.6 is 0 Å². The summed E-state index contributed by atoms with van der Waals surface area (Å²) in [5.74, 6) is 0.810. The number of hydrogen-bond acceptors (Lipinski definition) is 4. The fourth-order valence-corrected chi connectivity index (χ4v) is 5.41. The molecule has 27 heavy (non-hydrogen) atoms. The molecule has 2 heterocycles. The summed E-state index contributed by atoms with van der Waals surface area (Å²) >= 11 is 0. The molecule has 1 aliphatic carbocycles. The second-order valence-electron chi connectivity index (χ2n) is 8.51. The zero-order chi connectivity index (χ0) is 18.9. The second kappa shape index (κ2) is 7.90. The lowest BCUT2D eigenvalue weighted by Crippen LogP contribution is -2.54. The first-order chi connectivity index (χ1) is 13.1. The summed E-state index contributed by atoms with van der Waals surface area (Å²) in [6.45, 7) is 3.20. The van der Waals surface area contributed by atoms with Crippen molar-refractivity contribution in [1.82, 2.24) is 9.80 Å². The van der Waals surface area contributed by atoms with Crippen LogP contribution in [0, 0.1) is 0 Å². The van der Waals surface area contributed by atoms with E-state index in [1.54, 1.807) is 7.11 Å². The Labute approximate surface area is 162 Å². The first-order valence-corrected chi connectivity index (χ1v) is 10.4. The third kappa shape index (κ3) is 3.78. The summed E-state index contributed by atoms with van der Waals surface area (Å²) in [6, 6.07) is 10.7. The number of fused-ring (bicyclic) bond motifs is 1. The molecule has 0 bridgehead atoms. The van der Waals surface area contributed by atoms with Gasteiger partial charge in [0.15, 0.2) is 0 Å². The molecule has 5 nitrogen and oxygen atoms in total. The minimum Gasteiger partial charge on any atom is -0.393 e. The fraction of sp³-hybridized carbons (Fsp3) is 0.682. The number of rotatable bonds is 4. The van der Waals surface area contributed by atoms with E-state index < -0.39 is 0 Å². The maximum atomic E-state index is 13.0.